The fraction of sp³-hybridized carbons (Fsp3) is 0.480. The topological polar surface area (TPSA) is 89.7 Å². The van der Waals surface area contributed by atoms with Gasteiger partial charge in [0.2, 0.25) is 5.91 Å². The standard InChI is InChI=1S/C25H30N4O3/c1-17-10-21-14-28(15-23(17)29(21)24-8-6-18(12-26)13-27-24)25(31)9-7-20(16-30)19-4-3-5-22(11-19)32-2/h3-6,8,11,13,17,20-21,23,30H,7,9-10,14-16H2,1-2H3/t17-,20+,21?,23?/m0/s1. The molecule has 2 fully saturated rings. The summed E-state index contributed by atoms with van der Waals surface area (Å²) in [5.74, 6) is 2.16. The molecule has 2 saturated heterocycles. The van der Waals surface area contributed by atoms with Gasteiger partial charge in [-0.25, -0.2) is 4.98 Å². The number of amides is 1. The molecule has 168 valence electrons. The highest BCUT2D eigenvalue weighted by molar-refractivity contribution is 5.77. The molecule has 0 radical (unpaired) electrons. The van der Waals surface area contributed by atoms with E-state index in [0.29, 0.717) is 37.4 Å². The van der Waals surface area contributed by atoms with Crippen LogP contribution in [0.2, 0.25) is 0 Å². The van der Waals surface area contributed by atoms with Crippen LogP contribution in [0.1, 0.15) is 43.2 Å². The minimum atomic E-state index is -0.0890. The molecule has 1 N–H and O–H groups in total. The molecule has 2 aliphatic heterocycles. The lowest BCUT2D eigenvalue weighted by atomic mass is 9.94. The number of ether oxygens (including phenoxy) is 1. The normalized spacial score (nSPS) is 23.0. The number of pyridine rings is 1. The predicted octanol–water partition coefficient (Wildman–Crippen LogP) is 2.94. The second-order valence-corrected chi connectivity index (χ2v) is 8.85. The number of hydrogen-bond acceptors (Lipinski definition) is 6. The number of nitriles is 1. The van der Waals surface area contributed by atoms with Crippen molar-refractivity contribution in [2.24, 2.45) is 5.92 Å². The molecule has 32 heavy (non-hydrogen) atoms. The average molecular weight is 435 g/mol. The van der Waals surface area contributed by atoms with Crippen molar-refractivity contribution in [3.63, 3.8) is 0 Å². The zero-order valence-corrected chi connectivity index (χ0v) is 18.6. The number of nitrogens with zero attached hydrogens (tertiary/aromatic N) is 4. The number of methoxy groups -OCH3 is 1. The Labute approximate surface area is 189 Å². The number of likely N-dealkylation sites (tertiary alicyclic amines) is 1. The third kappa shape index (κ3) is 4.42. The number of fused-ring (bicyclic) bond motifs is 2. The lowest BCUT2D eigenvalue weighted by Crippen LogP contribution is -2.56. The van der Waals surface area contributed by atoms with Crippen molar-refractivity contribution in [3.8, 4) is 11.8 Å². The lowest BCUT2D eigenvalue weighted by Gasteiger charge is -2.42. The molecule has 1 aromatic carbocycles. The second-order valence-electron chi connectivity index (χ2n) is 8.85. The second kappa shape index (κ2) is 9.58. The van der Waals surface area contributed by atoms with Gasteiger partial charge in [-0.05, 0) is 48.6 Å². The van der Waals surface area contributed by atoms with Crippen LogP contribution in [-0.4, -0.2) is 59.8 Å². The van der Waals surface area contributed by atoms with Crippen LogP contribution in [0.15, 0.2) is 42.6 Å². The Morgan fingerprint density at radius 1 is 1.34 bits per heavy atom. The van der Waals surface area contributed by atoms with E-state index in [-0.39, 0.29) is 30.5 Å². The highest BCUT2D eigenvalue weighted by atomic mass is 16.5. The molecule has 3 heterocycles. The Kier molecular flexibility index (Phi) is 6.61. The molecular formula is C25H30N4O3. The van der Waals surface area contributed by atoms with Gasteiger partial charge in [-0.3, -0.25) is 4.79 Å². The van der Waals surface area contributed by atoms with Gasteiger partial charge in [-0.15, -0.1) is 0 Å². The molecular weight excluding hydrogens is 404 g/mol. The summed E-state index contributed by atoms with van der Waals surface area (Å²) in [5, 5.41) is 18.9. The third-order valence-electron chi connectivity index (χ3n) is 6.88. The summed E-state index contributed by atoms with van der Waals surface area (Å²) in [5.41, 5.74) is 1.54. The lowest BCUT2D eigenvalue weighted by molar-refractivity contribution is -0.132. The van der Waals surface area contributed by atoms with Crippen molar-refractivity contribution in [3.05, 3.63) is 53.7 Å². The minimum Gasteiger partial charge on any atom is -0.497 e. The van der Waals surface area contributed by atoms with Crippen molar-refractivity contribution >= 4 is 11.7 Å². The molecule has 7 nitrogen and oxygen atoms in total. The van der Waals surface area contributed by atoms with Crippen molar-refractivity contribution < 1.29 is 14.6 Å². The number of aliphatic hydroxyl groups is 1. The smallest absolute Gasteiger partial charge is 0.222 e. The Morgan fingerprint density at radius 3 is 2.84 bits per heavy atom. The van der Waals surface area contributed by atoms with Crippen LogP contribution in [0.25, 0.3) is 0 Å². The number of carbonyl (C=O) groups is 1. The van der Waals surface area contributed by atoms with E-state index < -0.39 is 0 Å². The molecule has 0 aliphatic carbocycles. The number of piperazine rings is 1. The van der Waals surface area contributed by atoms with Gasteiger partial charge in [0, 0.05) is 44.3 Å². The molecule has 2 aromatic rings. The van der Waals surface area contributed by atoms with Crippen LogP contribution in [-0.2, 0) is 4.79 Å². The van der Waals surface area contributed by atoms with Gasteiger partial charge < -0.3 is 19.6 Å². The Morgan fingerprint density at radius 2 is 2.19 bits per heavy atom. The number of benzene rings is 1. The van der Waals surface area contributed by atoms with E-state index in [2.05, 4.69) is 22.9 Å². The SMILES string of the molecule is COc1cccc([C@@H](CO)CCC(=O)N2CC3C[C@H](C)C(C2)N3c2ccc(C#N)cn2)c1. The van der Waals surface area contributed by atoms with Crippen LogP contribution in [0.5, 0.6) is 5.75 Å². The van der Waals surface area contributed by atoms with E-state index in [0.717, 1.165) is 23.6 Å². The average Bonchev–Trinajstić information content (AvgIpc) is 3.03. The summed E-state index contributed by atoms with van der Waals surface area (Å²) in [4.78, 5) is 21.9. The van der Waals surface area contributed by atoms with E-state index in [9.17, 15) is 9.90 Å². The van der Waals surface area contributed by atoms with Crippen molar-refractivity contribution in [2.45, 2.75) is 44.2 Å². The van der Waals surface area contributed by atoms with Crippen molar-refractivity contribution in [2.75, 3.05) is 31.7 Å². The Balaban J connectivity index is 1.40. The van der Waals surface area contributed by atoms with Gasteiger partial charge in [-0.1, -0.05) is 19.1 Å². The largest absolute Gasteiger partial charge is 0.497 e. The molecule has 0 spiro atoms. The van der Waals surface area contributed by atoms with Gasteiger partial charge in [0.15, 0.2) is 0 Å². The molecule has 1 amide bonds. The number of aromatic nitrogens is 1. The Bertz CT molecular complexity index is 987. The minimum absolute atomic E-state index is 0.000864. The van der Waals surface area contributed by atoms with Crippen LogP contribution in [0.3, 0.4) is 0 Å². The first-order chi connectivity index (χ1) is 15.5. The molecule has 0 saturated carbocycles. The molecule has 2 aliphatic rings. The summed E-state index contributed by atoms with van der Waals surface area (Å²) in [6.07, 6.45) is 3.65. The van der Waals surface area contributed by atoms with Crippen LogP contribution in [0, 0.1) is 17.2 Å². The van der Waals surface area contributed by atoms with Crippen molar-refractivity contribution in [1.82, 2.24) is 9.88 Å². The third-order valence-corrected chi connectivity index (χ3v) is 6.88. The predicted molar refractivity (Wildman–Crippen MR) is 121 cm³/mol. The van der Waals surface area contributed by atoms with Crippen LogP contribution >= 0.6 is 0 Å². The first-order valence-corrected chi connectivity index (χ1v) is 11.2. The van der Waals surface area contributed by atoms with Gasteiger partial charge >= 0.3 is 0 Å². The molecule has 2 bridgehead atoms. The zero-order chi connectivity index (χ0) is 22.7. The quantitative estimate of drug-likeness (QED) is 0.721. The number of anilines is 1. The maximum atomic E-state index is 13.1. The van der Waals surface area contributed by atoms with Crippen molar-refractivity contribution in [1.29, 1.82) is 5.26 Å². The van der Waals surface area contributed by atoms with E-state index in [1.54, 1.807) is 19.4 Å². The van der Waals surface area contributed by atoms with Crippen LogP contribution < -0.4 is 9.64 Å². The molecule has 7 heteroatoms. The number of rotatable bonds is 7. The summed E-state index contributed by atoms with van der Waals surface area (Å²) >= 11 is 0. The van der Waals surface area contributed by atoms with Gasteiger partial charge in [-0.2, -0.15) is 5.26 Å². The number of aliphatic hydroxyl groups excluding tert-OH is 1. The first kappa shape index (κ1) is 22.1. The van der Waals surface area contributed by atoms with Crippen LogP contribution in [0.4, 0.5) is 5.82 Å². The summed E-state index contributed by atoms with van der Waals surface area (Å²) in [6.45, 7) is 3.60. The number of hydrogen-bond donors (Lipinski definition) is 1. The highest BCUT2D eigenvalue weighted by Gasteiger charge is 2.45. The first-order valence-electron chi connectivity index (χ1n) is 11.2. The van der Waals surface area contributed by atoms with E-state index >= 15 is 0 Å². The monoisotopic (exact) mass is 434 g/mol. The maximum Gasteiger partial charge on any atom is 0.222 e. The summed E-state index contributed by atoms with van der Waals surface area (Å²) in [6, 6.07) is 14.0. The maximum absolute atomic E-state index is 13.1. The summed E-state index contributed by atoms with van der Waals surface area (Å²) in [7, 11) is 1.62. The highest BCUT2D eigenvalue weighted by Crippen LogP contribution is 2.38. The fourth-order valence-electron chi connectivity index (χ4n) is 5.11. The Hall–Kier alpha value is -3.11. The molecule has 4 rings (SSSR count). The fourth-order valence-corrected chi connectivity index (χ4v) is 5.11. The van der Waals surface area contributed by atoms with E-state index in [1.807, 2.05) is 35.2 Å². The molecule has 2 unspecified atom stereocenters. The van der Waals surface area contributed by atoms with Gasteiger partial charge in [0.05, 0.1) is 18.7 Å². The molecule has 4 atom stereocenters. The van der Waals surface area contributed by atoms with Gasteiger partial charge in [0.1, 0.15) is 17.6 Å². The van der Waals surface area contributed by atoms with Gasteiger partial charge in [0.25, 0.3) is 0 Å². The zero-order valence-electron chi connectivity index (χ0n) is 18.6. The summed E-state index contributed by atoms with van der Waals surface area (Å²) < 4.78 is 5.29. The van der Waals surface area contributed by atoms with E-state index in [4.69, 9.17) is 10.00 Å². The van der Waals surface area contributed by atoms with E-state index in [1.165, 1.54) is 0 Å². The number of carbonyl (C=O) groups excluding carboxylic acids is 1. The molecule has 1 aromatic heterocycles.